The lowest BCUT2D eigenvalue weighted by Gasteiger charge is -2.10. The summed E-state index contributed by atoms with van der Waals surface area (Å²) in [5.74, 6) is 1.12. The summed E-state index contributed by atoms with van der Waals surface area (Å²) in [7, 11) is 1.70. The number of rotatable bonds is 4. The quantitative estimate of drug-likeness (QED) is 0.732. The maximum Gasteiger partial charge on any atom is 0.258 e. The highest BCUT2D eigenvalue weighted by Gasteiger charge is 2.09. The molecule has 1 aromatic carbocycles. The molecule has 0 saturated heterocycles. The van der Waals surface area contributed by atoms with Crippen molar-refractivity contribution in [1.82, 2.24) is 15.1 Å². The van der Waals surface area contributed by atoms with Gasteiger partial charge in [-0.3, -0.25) is 4.98 Å². The van der Waals surface area contributed by atoms with Crippen molar-refractivity contribution in [3.05, 3.63) is 54.0 Å². The van der Waals surface area contributed by atoms with Crippen LogP contribution in [-0.4, -0.2) is 22.2 Å². The predicted molar refractivity (Wildman–Crippen MR) is 83.1 cm³/mol. The molecule has 0 saturated carbocycles. The van der Waals surface area contributed by atoms with Gasteiger partial charge in [0.1, 0.15) is 0 Å². The normalized spacial score (nSPS) is 12.3. The SMILES string of the molecule is CO[C@H](C)c1ccc(-c2cc(-c3nc(C)no3)ccn2)cc1. The molecule has 112 valence electrons. The first-order chi connectivity index (χ1) is 10.7. The van der Waals surface area contributed by atoms with Crippen molar-refractivity contribution in [2.75, 3.05) is 7.11 Å². The molecule has 2 aromatic heterocycles. The van der Waals surface area contributed by atoms with E-state index in [4.69, 9.17) is 9.26 Å². The lowest BCUT2D eigenvalue weighted by Crippen LogP contribution is -1.95. The summed E-state index contributed by atoms with van der Waals surface area (Å²) in [5, 5.41) is 3.82. The zero-order valence-electron chi connectivity index (χ0n) is 12.8. The fourth-order valence-electron chi connectivity index (χ4n) is 2.20. The minimum Gasteiger partial charge on any atom is -0.377 e. The first kappa shape index (κ1) is 14.4. The van der Waals surface area contributed by atoms with Crippen LogP contribution in [0.5, 0.6) is 0 Å². The van der Waals surface area contributed by atoms with Crippen molar-refractivity contribution in [3.63, 3.8) is 0 Å². The van der Waals surface area contributed by atoms with E-state index in [0.717, 1.165) is 22.4 Å². The van der Waals surface area contributed by atoms with Gasteiger partial charge in [0, 0.05) is 24.4 Å². The summed E-state index contributed by atoms with van der Waals surface area (Å²) in [6.07, 6.45) is 1.82. The Morgan fingerprint density at radius 2 is 1.86 bits per heavy atom. The second-order valence-electron chi connectivity index (χ2n) is 5.08. The third-order valence-corrected chi connectivity index (χ3v) is 3.56. The first-order valence-corrected chi connectivity index (χ1v) is 7.07. The monoisotopic (exact) mass is 295 g/mol. The Morgan fingerprint density at radius 1 is 1.09 bits per heavy atom. The van der Waals surface area contributed by atoms with Gasteiger partial charge in [-0.05, 0) is 31.5 Å². The zero-order chi connectivity index (χ0) is 15.5. The smallest absolute Gasteiger partial charge is 0.258 e. The van der Waals surface area contributed by atoms with E-state index < -0.39 is 0 Å². The number of pyridine rings is 1. The lowest BCUT2D eigenvalue weighted by molar-refractivity contribution is 0.119. The molecule has 0 aliphatic carbocycles. The van der Waals surface area contributed by atoms with Crippen molar-refractivity contribution >= 4 is 0 Å². The van der Waals surface area contributed by atoms with E-state index in [1.165, 1.54) is 0 Å². The van der Waals surface area contributed by atoms with Gasteiger partial charge in [0.2, 0.25) is 0 Å². The molecule has 0 radical (unpaired) electrons. The number of benzene rings is 1. The minimum absolute atomic E-state index is 0.0784. The highest BCUT2D eigenvalue weighted by molar-refractivity contribution is 5.66. The van der Waals surface area contributed by atoms with Crippen LogP contribution in [0.1, 0.15) is 24.4 Å². The fourth-order valence-corrected chi connectivity index (χ4v) is 2.20. The van der Waals surface area contributed by atoms with E-state index in [2.05, 4.69) is 27.3 Å². The molecule has 2 heterocycles. The standard InChI is InChI=1S/C17H17N3O2/c1-11(21-3)13-4-6-14(7-5-13)16-10-15(8-9-18-16)17-19-12(2)20-22-17/h4-11H,1-3H3/t11-/m1/s1. The topological polar surface area (TPSA) is 61.0 Å². The Bertz CT molecular complexity index is 766. The van der Waals surface area contributed by atoms with Gasteiger partial charge in [-0.15, -0.1) is 0 Å². The number of hydrogen-bond acceptors (Lipinski definition) is 5. The van der Waals surface area contributed by atoms with Crippen molar-refractivity contribution < 1.29 is 9.26 Å². The van der Waals surface area contributed by atoms with E-state index in [9.17, 15) is 0 Å². The predicted octanol–water partition coefficient (Wildman–Crippen LogP) is 3.81. The molecule has 0 fully saturated rings. The molecule has 5 heteroatoms. The molecular formula is C17H17N3O2. The summed E-state index contributed by atoms with van der Waals surface area (Å²) in [5.41, 5.74) is 3.89. The number of ether oxygens (including phenoxy) is 1. The van der Waals surface area contributed by atoms with E-state index in [0.29, 0.717) is 11.7 Å². The largest absolute Gasteiger partial charge is 0.377 e. The molecule has 22 heavy (non-hydrogen) atoms. The number of methoxy groups -OCH3 is 1. The van der Waals surface area contributed by atoms with Crippen LogP contribution in [0.2, 0.25) is 0 Å². The van der Waals surface area contributed by atoms with Crippen LogP contribution in [0.4, 0.5) is 0 Å². The molecule has 5 nitrogen and oxygen atoms in total. The maximum absolute atomic E-state index is 5.32. The first-order valence-electron chi connectivity index (χ1n) is 7.07. The van der Waals surface area contributed by atoms with Crippen molar-refractivity contribution in [1.29, 1.82) is 0 Å². The molecule has 0 aliphatic heterocycles. The van der Waals surface area contributed by atoms with Crippen LogP contribution in [0, 0.1) is 6.92 Å². The zero-order valence-corrected chi connectivity index (χ0v) is 12.8. The molecule has 0 amide bonds. The number of aromatic nitrogens is 3. The van der Waals surface area contributed by atoms with Crippen LogP contribution in [0.3, 0.4) is 0 Å². The Balaban J connectivity index is 1.92. The van der Waals surface area contributed by atoms with Gasteiger partial charge in [-0.2, -0.15) is 4.98 Å². The van der Waals surface area contributed by atoms with Crippen LogP contribution in [-0.2, 0) is 4.74 Å². The second-order valence-corrected chi connectivity index (χ2v) is 5.08. The number of nitrogens with zero attached hydrogens (tertiary/aromatic N) is 3. The number of aryl methyl sites for hydroxylation is 1. The molecular weight excluding hydrogens is 278 g/mol. The number of hydrogen-bond donors (Lipinski definition) is 0. The summed E-state index contributed by atoms with van der Waals surface area (Å²) in [6, 6.07) is 12.0. The molecule has 0 aliphatic rings. The summed E-state index contributed by atoms with van der Waals surface area (Å²) < 4.78 is 10.5. The van der Waals surface area contributed by atoms with Gasteiger partial charge in [-0.1, -0.05) is 29.4 Å². The molecule has 3 aromatic rings. The summed E-state index contributed by atoms with van der Waals surface area (Å²) >= 11 is 0. The molecule has 0 bridgehead atoms. The van der Waals surface area contributed by atoms with Crippen molar-refractivity contribution in [2.24, 2.45) is 0 Å². The van der Waals surface area contributed by atoms with Crippen molar-refractivity contribution in [2.45, 2.75) is 20.0 Å². The van der Waals surface area contributed by atoms with E-state index in [1.54, 1.807) is 20.2 Å². The van der Waals surface area contributed by atoms with Crippen molar-refractivity contribution in [3.8, 4) is 22.7 Å². The van der Waals surface area contributed by atoms with E-state index in [1.807, 2.05) is 31.2 Å². The molecule has 0 spiro atoms. The fraction of sp³-hybridized carbons (Fsp3) is 0.235. The highest BCUT2D eigenvalue weighted by atomic mass is 16.5. The Hall–Kier alpha value is -2.53. The summed E-state index contributed by atoms with van der Waals surface area (Å²) in [4.78, 5) is 8.66. The lowest BCUT2D eigenvalue weighted by atomic mass is 10.0. The summed E-state index contributed by atoms with van der Waals surface area (Å²) in [6.45, 7) is 3.82. The van der Waals surface area contributed by atoms with Gasteiger partial charge in [0.15, 0.2) is 5.82 Å². The molecule has 1 atom stereocenters. The minimum atomic E-state index is 0.0784. The van der Waals surface area contributed by atoms with Crippen LogP contribution < -0.4 is 0 Å². The van der Waals surface area contributed by atoms with Gasteiger partial charge >= 0.3 is 0 Å². The Labute approximate surface area is 129 Å². The average Bonchev–Trinajstić information content (AvgIpc) is 3.01. The van der Waals surface area contributed by atoms with Crippen LogP contribution in [0.15, 0.2) is 47.1 Å². The highest BCUT2D eigenvalue weighted by Crippen LogP contribution is 2.25. The van der Waals surface area contributed by atoms with E-state index >= 15 is 0 Å². The third kappa shape index (κ3) is 2.89. The average molecular weight is 295 g/mol. The van der Waals surface area contributed by atoms with Gasteiger partial charge in [0.25, 0.3) is 5.89 Å². The van der Waals surface area contributed by atoms with Crippen LogP contribution >= 0.6 is 0 Å². The molecule has 0 N–H and O–H groups in total. The van der Waals surface area contributed by atoms with Crippen LogP contribution in [0.25, 0.3) is 22.7 Å². The Morgan fingerprint density at radius 3 is 2.50 bits per heavy atom. The third-order valence-electron chi connectivity index (χ3n) is 3.56. The Kier molecular flexibility index (Phi) is 3.98. The molecule has 3 rings (SSSR count). The van der Waals surface area contributed by atoms with Gasteiger partial charge in [-0.25, -0.2) is 0 Å². The molecule has 0 unspecified atom stereocenters. The maximum atomic E-state index is 5.32. The van der Waals surface area contributed by atoms with Gasteiger partial charge < -0.3 is 9.26 Å². The van der Waals surface area contributed by atoms with Gasteiger partial charge in [0.05, 0.1) is 11.8 Å². The van der Waals surface area contributed by atoms with E-state index in [-0.39, 0.29) is 6.10 Å². The second kappa shape index (κ2) is 6.07.